The van der Waals surface area contributed by atoms with E-state index in [9.17, 15) is 9.59 Å². The van der Waals surface area contributed by atoms with Gasteiger partial charge in [0.2, 0.25) is 0 Å². The van der Waals surface area contributed by atoms with Crippen LogP contribution in [-0.4, -0.2) is 11.9 Å². The zero-order valence-electron chi connectivity index (χ0n) is 16.0. The first-order valence-electron chi connectivity index (χ1n) is 8.73. The van der Waals surface area contributed by atoms with Crippen LogP contribution < -0.4 is 0 Å². The Morgan fingerprint density at radius 2 is 1.61 bits per heavy atom. The topological polar surface area (TPSA) is 43.4 Å². The van der Waals surface area contributed by atoms with Gasteiger partial charge in [-0.2, -0.15) is 0 Å². The van der Waals surface area contributed by atoms with Gasteiger partial charge in [-0.1, -0.05) is 72.5 Å². The zero-order chi connectivity index (χ0) is 18.0. The van der Waals surface area contributed by atoms with E-state index in [1.54, 1.807) is 13.8 Å². The summed E-state index contributed by atoms with van der Waals surface area (Å²) in [6.45, 7) is 13.7. The molecule has 3 nitrogen and oxygen atoms in total. The SMILES string of the molecule is CCCCC(CC)CC=C(C)C(=O)OC(=O)C(C)=CC(C)(C)C. The molecule has 0 rings (SSSR count). The number of carbonyl (C=O) groups is 2. The number of unbranched alkanes of at least 4 members (excludes halogenated alkanes) is 1. The summed E-state index contributed by atoms with van der Waals surface area (Å²) in [6.07, 6.45) is 9.27. The van der Waals surface area contributed by atoms with E-state index < -0.39 is 11.9 Å². The van der Waals surface area contributed by atoms with Crippen molar-refractivity contribution in [2.75, 3.05) is 0 Å². The Bertz CT molecular complexity index is 450. The fourth-order valence-electron chi connectivity index (χ4n) is 2.36. The molecular formula is C20H34O3. The van der Waals surface area contributed by atoms with Gasteiger partial charge in [-0.05, 0) is 31.6 Å². The van der Waals surface area contributed by atoms with Crippen molar-refractivity contribution >= 4 is 11.9 Å². The Kier molecular flexibility index (Phi) is 9.78. The second-order valence-corrected chi connectivity index (χ2v) is 7.41. The molecule has 0 aliphatic heterocycles. The number of ether oxygens (including phenoxy) is 1. The molecule has 3 heteroatoms. The van der Waals surface area contributed by atoms with E-state index in [1.165, 1.54) is 19.3 Å². The van der Waals surface area contributed by atoms with Crippen LogP contribution in [0.25, 0.3) is 0 Å². The molecular weight excluding hydrogens is 288 g/mol. The summed E-state index contributed by atoms with van der Waals surface area (Å²) in [5.41, 5.74) is 0.856. The highest BCUT2D eigenvalue weighted by Gasteiger charge is 2.17. The lowest BCUT2D eigenvalue weighted by molar-refractivity contribution is -0.154. The zero-order valence-corrected chi connectivity index (χ0v) is 16.0. The van der Waals surface area contributed by atoms with Gasteiger partial charge in [0, 0.05) is 11.1 Å². The standard InChI is InChI=1S/C20H34O3/c1-8-10-11-17(9-2)13-12-15(3)18(21)23-19(22)16(4)14-20(5,6)7/h12,14,17H,8-11,13H2,1-7H3. The maximum atomic E-state index is 12.0. The lowest BCUT2D eigenvalue weighted by Gasteiger charge is -2.14. The van der Waals surface area contributed by atoms with Crippen molar-refractivity contribution < 1.29 is 14.3 Å². The average molecular weight is 322 g/mol. The summed E-state index contributed by atoms with van der Waals surface area (Å²) < 4.78 is 4.95. The van der Waals surface area contributed by atoms with Crippen LogP contribution in [0.2, 0.25) is 0 Å². The van der Waals surface area contributed by atoms with E-state index in [2.05, 4.69) is 13.8 Å². The van der Waals surface area contributed by atoms with Gasteiger partial charge in [-0.15, -0.1) is 0 Å². The number of allylic oxidation sites excluding steroid dienone is 2. The minimum Gasteiger partial charge on any atom is -0.386 e. The summed E-state index contributed by atoms with van der Waals surface area (Å²) in [7, 11) is 0. The molecule has 0 aromatic carbocycles. The molecule has 0 N–H and O–H groups in total. The second kappa shape index (κ2) is 10.4. The summed E-state index contributed by atoms with van der Waals surface area (Å²) in [6, 6.07) is 0. The number of hydrogen-bond acceptors (Lipinski definition) is 3. The van der Waals surface area contributed by atoms with Crippen LogP contribution >= 0.6 is 0 Å². The van der Waals surface area contributed by atoms with Crippen molar-refractivity contribution in [2.24, 2.45) is 11.3 Å². The number of hydrogen-bond donors (Lipinski definition) is 0. The summed E-state index contributed by atoms with van der Waals surface area (Å²) >= 11 is 0. The van der Waals surface area contributed by atoms with E-state index in [4.69, 9.17) is 4.74 Å². The predicted octanol–water partition coefficient (Wildman–Crippen LogP) is 5.60. The smallest absolute Gasteiger partial charge is 0.341 e. The fraction of sp³-hybridized carbons (Fsp3) is 0.700. The molecule has 0 aliphatic carbocycles. The van der Waals surface area contributed by atoms with Gasteiger partial charge in [0.05, 0.1) is 0 Å². The van der Waals surface area contributed by atoms with Gasteiger partial charge in [-0.3, -0.25) is 0 Å². The Morgan fingerprint density at radius 1 is 1.04 bits per heavy atom. The Hall–Kier alpha value is -1.38. The van der Waals surface area contributed by atoms with E-state index in [1.807, 2.05) is 32.9 Å². The van der Waals surface area contributed by atoms with Crippen LogP contribution in [0.1, 0.15) is 80.6 Å². The lowest BCUT2D eigenvalue weighted by Crippen LogP contribution is -2.15. The minimum absolute atomic E-state index is 0.120. The van der Waals surface area contributed by atoms with Gasteiger partial charge in [0.25, 0.3) is 0 Å². The Balaban J connectivity index is 4.62. The maximum Gasteiger partial charge on any atom is 0.341 e. The van der Waals surface area contributed by atoms with Crippen LogP contribution in [0.15, 0.2) is 23.3 Å². The molecule has 0 heterocycles. The molecule has 0 aromatic rings. The molecule has 132 valence electrons. The van der Waals surface area contributed by atoms with E-state index in [0.29, 0.717) is 17.1 Å². The quantitative estimate of drug-likeness (QED) is 0.332. The Morgan fingerprint density at radius 3 is 2.09 bits per heavy atom. The molecule has 0 spiro atoms. The van der Waals surface area contributed by atoms with Gasteiger partial charge >= 0.3 is 11.9 Å². The van der Waals surface area contributed by atoms with Crippen molar-refractivity contribution in [3.8, 4) is 0 Å². The van der Waals surface area contributed by atoms with Gasteiger partial charge < -0.3 is 4.74 Å². The molecule has 0 bridgehead atoms. The first-order valence-corrected chi connectivity index (χ1v) is 8.73. The van der Waals surface area contributed by atoms with Crippen molar-refractivity contribution in [1.29, 1.82) is 0 Å². The van der Waals surface area contributed by atoms with Crippen LogP contribution in [-0.2, 0) is 14.3 Å². The summed E-state index contributed by atoms with van der Waals surface area (Å²) in [4.78, 5) is 23.9. The van der Waals surface area contributed by atoms with E-state index >= 15 is 0 Å². The normalized spacial score (nSPS) is 14.6. The third-order valence-electron chi connectivity index (χ3n) is 3.78. The fourth-order valence-corrected chi connectivity index (χ4v) is 2.36. The number of esters is 2. The van der Waals surface area contributed by atoms with Crippen LogP contribution in [0.4, 0.5) is 0 Å². The summed E-state index contributed by atoms with van der Waals surface area (Å²) in [5, 5.41) is 0. The highest BCUT2D eigenvalue weighted by molar-refractivity contribution is 6.01. The van der Waals surface area contributed by atoms with Crippen LogP contribution in [0.5, 0.6) is 0 Å². The molecule has 0 saturated heterocycles. The highest BCUT2D eigenvalue weighted by atomic mass is 16.6. The lowest BCUT2D eigenvalue weighted by atomic mass is 9.94. The minimum atomic E-state index is -0.560. The highest BCUT2D eigenvalue weighted by Crippen LogP contribution is 2.19. The molecule has 0 amide bonds. The first kappa shape index (κ1) is 21.6. The molecule has 0 aliphatic rings. The van der Waals surface area contributed by atoms with Crippen molar-refractivity contribution in [3.63, 3.8) is 0 Å². The van der Waals surface area contributed by atoms with Crippen molar-refractivity contribution in [3.05, 3.63) is 23.3 Å². The molecule has 1 unspecified atom stereocenters. The van der Waals surface area contributed by atoms with Gasteiger partial charge in [0.1, 0.15) is 0 Å². The largest absolute Gasteiger partial charge is 0.386 e. The third-order valence-corrected chi connectivity index (χ3v) is 3.78. The molecule has 23 heavy (non-hydrogen) atoms. The van der Waals surface area contributed by atoms with E-state index in [-0.39, 0.29) is 5.41 Å². The van der Waals surface area contributed by atoms with E-state index in [0.717, 1.165) is 12.8 Å². The van der Waals surface area contributed by atoms with Crippen LogP contribution in [0, 0.1) is 11.3 Å². The molecule has 0 saturated carbocycles. The van der Waals surface area contributed by atoms with Gasteiger partial charge in [-0.25, -0.2) is 9.59 Å². The molecule has 1 atom stereocenters. The van der Waals surface area contributed by atoms with Gasteiger partial charge in [0.15, 0.2) is 0 Å². The number of carbonyl (C=O) groups excluding carboxylic acids is 2. The Labute approximate surface area is 142 Å². The van der Waals surface area contributed by atoms with Crippen molar-refractivity contribution in [2.45, 2.75) is 80.6 Å². The van der Waals surface area contributed by atoms with Crippen LogP contribution in [0.3, 0.4) is 0 Å². The monoisotopic (exact) mass is 322 g/mol. The first-order chi connectivity index (χ1) is 10.6. The third kappa shape index (κ3) is 10.1. The molecule has 0 aromatic heterocycles. The predicted molar refractivity (Wildman–Crippen MR) is 96.0 cm³/mol. The second-order valence-electron chi connectivity index (χ2n) is 7.41. The number of rotatable bonds is 8. The van der Waals surface area contributed by atoms with Crippen molar-refractivity contribution in [1.82, 2.24) is 0 Å². The molecule has 0 fully saturated rings. The summed E-state index contributed by atoms with van der Waals surface area (Å²) in [5.74, 6) is -0.506. The average Bonchev–Trinajstić information content (AvgIpc) is 2.45. The maximum absolute atomic E-state index is 12.0. The molecule has 0 radical (unpaired) electrons.